The van der Waals surface area contributed by atoms with Gasteiger partial charge in [0, 0.05) is 11.1 Å². The average molecular weight is 252 g/mol. The van der Waals surface area contributed by atoms with Crippen molar-refractivity contribution in [2.24, 2.45) is 0 Å². The van der Waals surface area contributed by atoms with Crippen molar-refractivity contribution >= 4 is 6.08 Å². The summed E-state index contributed by atoms with van der Waals surface area (Å²) in [6, 6.07) is 13.9. The fraction of sp³-hybridized carbons (Fsp3) is 0.125. The van der Waals surface area contributed by atoms with Gasteiger partial charge in [-0.15, -0.1) is 0 Å². The highest BCUT2D eigenvalue weighted by Gasteiger charge is 2.20. The van der Waals surface area contributed by atoms with Crippen LogP contribution in [-0.2, 0) is 0 Å². The zero-order valence-electron chi connectivity index (χ0n) is 10.2. The minimum Gasteiger partial charge on any atom is -0.481 e. The Kier molecular flexibility index (Phi) is 2.24. The Labute approximate surface area is 111 Å². The molecule has 2 aromatic carbocycles. The van der Waals surface area contributed by atoms with Crippen LogP contribution in [0.1, 0.15) is 17.2 Å². The van der Waals surface area contributed by atoms with Crippen molar-refractivity contribution < 1.29 is 14.2 Å². The quantitative estimate of drug-likeness (QED) is 0.776. The lowest BCUT2D eigenvalue weighted by Crippen LogP contribution is -2.08. The molecule has 0 N–H and O–H groups in total. The van der Waals surface area contributed by atoms with Crippen molar-refractivity contribution in [3.8, 4) is 17.2 Å². The molecular formula is C16H12O3. The van der Waals surface area contributed by atoms with Crippen LogP contribution in [0.25, 0.3) is 6.08 Å². The molecule has 0 radical (unpaired) electrons. The largest absolute Gasteiger partial charge is 0.481 e. The van der Waals surface area contributed by atoms with Gasteiger partial charge in [-0.05, 0) is 24.3 Å². The predicted molar refractivity (Wildman–Crippen MR) is 71.4 cm³/mol. The van der Waals surface area contributed by atoms with Crippen molar-refractivity contribution in [3.05, 3.63) is 59.7 Å². The van der Waals surface area contributed by atoms with E-state index in [0.29, 0.717) is 6.79 Å². The molecule has 0 saturated heterocycles. The summed E-state index contributed by atoms with van der Waals surface area (Å²) in [5.74, 6) is 2.49. The Hall–Kier alpha value is -2.42. The summed E-state index contributed by atoms with van der Waals surface area (Å²) in [4.78, 5) is 0. The SMILES string of the molecule is C1=CC(c2ccc3c(c2)OCO3)Oc2ccccc21. The molecule has 0 saturated carbocycles. The van der Waals surface area contributed by atoms with E-state index in [9.17, 15) is 0 Å². The van der Waals surface area contributed by atoms with Crippen LogP contribution >= 0.6 is 0 Å². The van der Waals surface area contributed by atoms with E-state index in [2.05, 4.69) is 12.2 Å². The van der Waals surface area contributed by atoms with Gasteiger partial charge in [0.05, 0.1) is 0 Å². The van der Waals surface area contributed by atoms with Gasteiger partial charge >= 0.3 is 0 Å². The van der Waals surface area contributed by atoms with E-state index in [4.69, 9.17) is 14.2 Å². The summed E-state index contributed by atoms with van der Waals surface area (Å²) in [5.41, 5.74) is 2.18. The molecule has 2 heterocycles. The molecule has 0 fully saturated rings. The molecule has 0 amide bonds. The number of rotatable bonds is 1. The van der Waals surface area contributed by atoms with Crippen LogP contribution < -0.4 is 14.2 Å². The first kappa shape index (κ1) is 10.5. The summed E-state index contributed by atoms with van der Waals surface area (Å²) in [6.07, 6.45) is 4.07. The lowest BCUT2D eigenvalue weighted by atomic mass is 10.0. The van der Waals surface area contributed by atoms with Crippen LogP contribution in [-0.4, -0.2) is 6.79 Å². The number of fused-ring (bicyclic) bond motifs is 2. The molecule has 2 aliphatic heterocycles. The number of benzene rings is 2. The van der Waals surface area contributed by atoms with Crippen LogP contribution in [0.2, 0.25) is 0 Å². The number of hydrogen-bond donors (Lipinski definition) is 0. The fourth-order valence-electron chi connectivity index (χ4n) is 2.36. The smallest absolute Gasteiger partial charge is 0.231 e. The molecule has 2 aromatic rings. The van der Waals surface area contributed by atoms with E-state index in [1.807, 2.05) is 42.5 Å². The standard InChI is InChI=1S/C16H12O3/c1-2-4-13-11(3-1)5-7-14(19-13)12-6-8-15-16(9-12)18-10-17-15/h1-9,14H,10H2. The second-order valence-electron chi connectivity index (χ2n) is 4.55. The summed E-state index contributed by atoms with van der Waals surface area (Å²) >= 11 is 0. The highest BCUT2D eigenvalue weighted by molar-refractivity contribution is 5.60. The predicted octanol–water partition coefficient (Wildman–Crippen LogP) is 3.56. The molecule has 94 valence electrons. The van der Waals surface area contributed by atoms with Gasteiger partial charge in [0.15, 0.2) is 11.5 Å². The van der Waals surface area contributed by atoms with Crippen LogP contribution in [0.5, 0.6) is 17.2 Å². The minimum atomic E-state index is -0.0793. The summed E-state index contributed by atoms with van der Waals surface area (Å²) in [6.45, 7) is 0.295. The Morgan fingerprint density at radius 1 is 0.895 bits per heavy atom. The van der Waals surface area contributed by atoms with E-state index >= 15 is 0 Å². The number of hydrogen-bond acceptors (Lipinski definition) is 3. The highest BCUT2D eigenvalue weighted by atomic mass is 16.7. The Balaban J connectivity index is 1.68. The third kappa shape index (κ3) is 1.74. The van der Waals surface area contributed by atoms with Gasteiger partial charge in [-0.3, -0.25) is 0 Å². The monoisotopic (exact) mass is 252 g/mol. The molecule has 1 unspecified atom stereocenters. The summed E-state index contributed by atoms with van der Waals surface area (Å²) in [7, 11) is 0. The number of para-hydroxylation sites is 1. The van der Waals surface area contributed by atoms with Crippen molar-refractivity contribution in [2.45, 2.75) is 6.10 Å². The molecule has 0 aliphatic carbocycles. The third-order valence-electron chi connectivity index (χ3n) is 3.35. The van der Waals surface area contributed by atoms with Crippen molar-refractivity contribution in [1.82, 2.24) is 0 Å². The fourth-order valence-corrected chi connectivity index (χ4v) is 2.36. The molecule has 19 heavy (non-hydrogen) atoms. The topological polar surface area (TPSA) is 27.7 Å². The molecule has 1 atom stereocenters. The maximum absolute atomic E-state index is 5.99. The van der Waals surface area contributed by atoms with Crippen molar-refractivity contribution in [2.75, 3.05) is 6.79 Å². The summed E-state index contributed by atoms with van der Waals surface area (Å²) in [5, 5.41) is 0. The molecule has 0 aromatic heterocycles. The normalized spacial score (nSPS) is 18.8. The van der Waals surface area contributed by atoms with Crippen molar-refractivity contribution in [3.63, 3.8) is 0 Å². The van der Waals surface area contributed by atoms with Crippen LogP contribution in [0, 0.1) is 0 Å². The van der Waals surface area contributed by atoms with E-state index in [0.717, 1.165) is 28.4 Å². The van der Waals surface area contributed by atoms with E-state index in [1.165, 1.54) is 0 Å². The van der Waals surface area contributed by atoms with Gasteiger partial charge in [0.1, 0.15) is 11.9 Å². The molecule has 0 bridgehead atoms. The van der Waals surface area contributed by atoms with E-state index in [-0.39, 0.29) is 6.10 Å². The molecule has 4 rings (SSSR count). The lowest BCUT2D eigenvalue weighted by molar-refractivity contribution is 0.173. The molecule has 0 spiro atoms. The second kappa shape index (κ2) is 4.05. The first-order chi connectivity index (χ1) is 9.40. The Bertz CT molecular complexity index is 661. The van der Waals surface area contributed by atoms with E-state index in [1.54, 1.807) is 0 Å². The van der Waals surface area contributed by atoms with Gasteiger partial charge in [-0.25, -0.2) is 0 Å². The molecule has 3 nitrogen and oxygen atoms in total. The van der Waals surface area contributed by atoms with Gasteiger partial charge in [-0.2, -0.15) is 0 Å². The maximum Gasteiger partial charge on any atom is 0.231 e. The van der Waals surface area contributed by atoms with Crippen LogP contribution in [0.3, 0.4) is 0 Å². The Morgan fingerprint density at radius 2 is 1.79 bits per heavy atom. The highest BCUT2D eigenvalue weighted by Crippen LogP contribution is 2.37. The molecular weight excluding hydrogens is 240 g/mol. The van der Waals surface area contributed by atoms with Crippen LogP contribution in [0.4, 0.5) is 0 Å². The van der Waals surface area contributed by atoms with Gasteiger partial charge in [0.25, 0.3) is 0 Å². The first-order valence-corrected chi connectivity index (χ1v) is 6.23. The summed E-state index contributed by atoms with van der Waals surface area (Å²) < 4.78 is 16.7. The molecule has 2 aliphatic rings. The average Bonchev–Trinajstić information content (AvgIpc) is 2.94. The van der Waals surface area contributed by atoms with Gasteiger partial charge in [0.2, 0.25) is 6.79 Å². The van der Waals surface area contributed by atoms with Crippen molar-refractivity contribution in [1.29, 1.82) is 0 Å². The van der Waals surface area contributed by atoms with Crippen LogP contribution in [0.15, 0.2) is 48.5 Å². The van der Waals surface area contributed by atoms with Gasteiger partial charge < -0.3 is 14.2 Å². The van der Waals surface area contributed by atoms with Gasteiger partial charge in [-0.1, -0.05) is 30.3 Å². The molecule has 3 heteroatoms. The third-order valence-corrected chi connectivity index (χ3v) is 3.35. The van der Waals surface area contributed by atoms with E-state index < -0.39 is 0 Å². The minimum absolute atomic E-state index is 0.0793. The first-order valence-electron chi connectivity index (χ1n) is 6.23. The maximum atomic E-state index is 5.99. The Morgan fingerprint density at radius 3 is 2.79 bits per heavy atom. The number of ether oxygens (including phenoxy) is 3. The zero-order chi connectivity index (χ0) is 12.7. The second-order valence-corrected chi connectivity index (χ2v) is 4.55. The lowest BCUT2D eigenvalue weighted by Gasteiger charge is -2.21. The zero-order valence-corrected chi connectivity index (χ0v) is 10.2.